The second kappa shape index (κ2) is 6.86. The van der Waals surface area contributed by atoms with Crippen molar-refractivity contribution in [2.45, 2.75) is 45.1 Å². The Labute approximate surface area is 110 Å². The van der Waals surface area contributed by atoms with E-state index in [0.717, 1.165) is 19.8 Å². The van der Waals surface area contributed by atoms with E-state index in [2.05, 4.69) is 30.2 Å². The molecule has 1 aliphatic carbocycles. The highest BCUT2D eigenvalue weighted by Crippen LogP contribution is 2.32. The van der Waals surface area contributed by atoms with Crippen LogP contribution < -0.4 is 5.32 Å². The van der Waals surface area contributed by atoms with Gasteiger partial charge in [0.05, 0.1) is 6.61 Å². The summed E-state index contributed by atoms with van der Waals surface area (Å²) in [6, 6.07) is 4.66. The van der Waals surface area contributed by atoms with Gasteiger partial charge in [0.2, 0.25) is 0 Å². The molecule has 0 fully saturated rings. The number of nitrogens with one attached hydrogen (secondary N) is 1. The first-order valence-electron chi connectivity index (χ1n) is 7.11. The molecule has 3 heteroatoms. The largest absolute Gasteiger partial charge is 0.380 e. The number of aryl methyl sites for hydroxylation is 1. The molecule has 18 heavy (non-hydrogen) atoms. The van der Waals surface area contributed by atoms with Gasteiger partial charge in [-0.2, -0.15) is 0 Å². The Morgan fingerprint density at radius 2 is 2.39 bits per heavy atom. The van der Waals surface area contributed by atoms with Crippen LogP contribution in [0.4, 0.5) is 0 Å². The van der Waals surface area contributed by atoms with E-state index in [0.29, 0.717) is 12.0 Å². The van der Waals surface area contributed by atoms with Gasteiger partial charge in [0, 0.05) is 30.5 Å². The lowest BCUT2D eigenvalue weighted by atomic mass is 9.82. The SMILES string of the molecule is CCNC(COCC)C1CCCc2cccnc21. The number of rotatable bonds is 6. The van der Waals surface area contributed by atoms with E-state index in [1.54, 1.807) is 0 Å². The van der Waals surface area contributed by atoms with Crippen molar-refractivity contribution < 1.29 is 4.74 Å². The van der Waals surface area contributed by atoms with Crippen LogP contribution in [0.3, 0.4) is 0 Å². The maximum absolute atomic E-state index is 5.63. The van der Waals surface area contributed by atoms with Gasteiger partial charge in [-0.15, -0.1) is 0 Å². The molecule has 0 aromatic carbocycles. The molecular formula is C15H24N2O. The third kappa shape index (κ3) is 3.09. The fourth-order valence-electron chi connectivity index (χ4n) is 2.86. The van der Waals surface area contributed by atoms with Crippen molar-refractivity contribution in [3.63, 3.8) is 0 Å². The highest BCUT2D eigenvalue weighted by atomic mass is 16.5. The highest BCUT2D eigenvalue weighted by molar-refractivity contribution is 5.27. The maximum Gasteiger partial charge on any atom is 0.0626 e. The molecule has 2 atom stereocenters. The summed E-state index contributed by atoms with van der Waals surface area (Å²) in [4.78, 5) is 4.62. The zero-order valence-electron chi connectivity index (χ0n) is 11.5. The van der Waals surface area contributed by atoms with Crippen LogP contribution in [0.5, 0.6) is 0 Å². The second-order valence-electron chi connectivity index (χ2n) is 4.87. The van der Waals surface area contributed by atoms with Crippen LogP contribution in [-0.2, 0) is 11.2 Å². The first-order valence-corrected chi connectivity index (χ1v) is 7.11. The standard InChI is InChI=1S/C15H24N2O/c1-3-16-14(11-18-4-2)13-9-5-7-12-8-6-10-17-15(12)13/h6,8,10,13-14,16H,3-5,7,9,11H2,1-2H3. The van der Waals surface area contributed by atoms with Gasteiger partial charge in [-0.05, 0) is 44.4 Å². The molecule has 1 aliphatic rings. The third-order valence-corrected chi connectivity index (χ3v) is 3.69. The molecule has 1 aromatic heterocycles. The number of hydrogen-bond donors (Lipinski definition) is 1. The van der Waals surface area contributed by atoms with E-state index in [1.165, 1.54) is 30.5 Å². The number of ether oxygens (including phenoxy) is 1. The molecule has 0 radical (unpaired) electrons. The highest BCUT2D eigenvalue weighted by Gasteiger charge is 2.28. The number of likely N-dealkylation sites (N-methyl/N-ethyl adjacent to an activating group) is 1. The lowest BCUT2D eigenvalue weighted by Crippen LogP contribution is -2.40. The van der Waals surface area contributed by atoms with Gasteiger partial charge in [0.15, 0.2) is 0 Å². The van der Waals surface area contributed by atoms with Gasteiger partial charge in [-0.25, -0.2) is 0 Å². The summed E-state index contributed by atoms with van der Waals surface area (Å²) in [5.74, 6) is 0.501. The topological polar surface area (TPSA) is 34.1 Å². The van der Waals surface area contributed by atoms with Crippen LogP contribution in [0.1, 0.15) is 43.9 Å². The monoisotopic (exact) mass is 248 g/mol. The molecule has 0 spiro atoms. The van der Waals surface area contributed by atoms with E-state index in [1.807, 2.05) is 12.3 Å². The molecule has 0 saturated carbocycles. The summed E-state index contributed by atoms with van der Waals surface area (Å²) in [6.45, 7) is 6.75. The fourth-order valence-corrected chi connectivity index (χ4v) is 2.86. The van der Waals surface area contributed by atoms with Crippen molar-refractivity contribution in [2.24, 2.45) is 0 Å². The zero-order chi connectivity index (χ0) is 12.8. The third-order valence-electron chi connectivity index (χ3n) is 3.69. The van der Waals surface area contributed by atoms with Crippen molar-refractivity contribution in [2.75, 3.05) is 19.8 Å². The number of fused-ring (bicyclic) bond motifs is 1. The van der Waals surface area contributed by atoms with Gasteiger partial charge in [-0.1, -0.05) is 13.0 Å². The Kier molecular flexibility index (Phi) is 5.14. The minimum Gasteiger partial charge on any atom is -0.380 e. The van der Waals surface area contributed by atoms with Crippen LogP contribution in [0, 0.1) is 0 Å². The van der Waals surface area contributed by atoms with Crippen LogP contribution >= 0.6 is 0 Å². The zero-order valence-corrected chi connectivity index (χ0v) is 11.5. The van der Waals surface area contributed by atoms with Crippen molar-refractivity contribution in [3.05, 3.63) is 29.6 Å². The van der Waals surface area contributed by atoms with Gasteiger partial charge in [0.1, 0.15) is 0 Å². The smallest absolute Gasteiger partial charge is 0.0626 e. The molecule has 1 N–H and O–H groups in total. The van der Waals surface area contributed by atoms with E-state index >= 15 is 0 Å². The molecule has 3 nitrogen and oxygen atoms in total. The summed E-state index contributed by atoms with van der Waals surface area (Å²) < 4.78 is 5.63. The molecule has 1 heterocycles. The molecule has 0 aliphatic heterocycles. The Balaban J connectivity index is 2.15. The van der Waals surface area contributed by atoms with Gasteiger partial charge >= 0.3 is 0 Å². The van der Waals surface area contributed by atoms with Crippen LogP contribution in [-0.4, -0.2) is 30.8 Å². The molecule has 2 unspecified atom stereocenters. The van der Waals surface area contributed by atoms with Crippen molar-refractivity contribution in [1.29, 1.82) is 0 Å². The minimum absolute atomic E-state index is 0.393. The normalized spacial score (nSPS) is 20.4. The summed E-state index contributed by atoms with van der Waals surface area (Å²) in [5, 5.41) is 3.56. The van der Waals surface area contributed by atoms with E-state index in [-0.39, 0.29) is 0 Å². The van der Waals surface area contributed by atoms with Crippen molar-refractivity contribution in [1.82, 2.24) is 10.3 Å². The molecular weight excluding hydrogens is 224 g/mol. The molecule has 0 saturated heterocycles. The van der Waals surface area contributed by atoms with Crippen LogP contribution in [0.25, 0.3) is 0 Å². The van der Waals surface area contributed by atoms with E-state index < -0.39 is 0 Å². The summed E-state index contributed by atoms with van der Waals surface area (Å²) in [5.41, 5.74) is 2.71. The molecule has 0 bridgehead atoms. The predicted octanol–water partition coefficient (Wildman–Crippen LogP) is 2.52. The average molecular weight is 248 g/mol. The Morgan fingerprint density at radius 1 is 1.50 bits per heavy atom. The van der Waals surface area contributed by atoms with E-state index in [4.69, 9.17) is 4.74 Å². The fraction of sp³-hybridized carbons (Fsp3) is 0.667. The van der Waals surface area contributed by atoms with Gasteiger partial charge in [-0.3, -0.25) is 4.98 Å². The summed E-state index contributed by atoms with van der Waals surface area (Å²) in [6.07, 6.45) is 5.57. The summed E-state index contributed by atoms with van der Waals surface area (Å²) >= 11 is 0. The Morgan fingerprint density at radius 3 is 3.17 bits per heavy atom. The number of aromatic nitrogens is 1. The number of hydrogen-bond acceptors (Lipinski definition) is 3. The van der Waals surface area contributed by atoms with Crippen LogP contribution in [0.15, 0.2) is 18.3 Å². The number of pyridine rings is 1. The Bertz CT molecular complexity index is 367. The van der Waals surface area contributed by atoms with Crippen LogP contribution in [0.2, 0.25) is 0 Å². The number of nitrogens with zero attached hydrogens (tertiary/aromatic N) is 1. The quantitative estimate of drug-likeness (QED) is 0.840. The predicted molar refractivity (Wildman–Crippen MR) is 73.9 cm³/mol. The molecule has 1 aromatic rings. The molecule has 0 amide bonds. The first-order chi connectivity index (χ1) is 8.86. The van der Waals surface area contributed by atoms with Gasteiger partial charge in [0.25, 0.3) is 0 Å². The average Bonchev–Trinajstić information content (AvgIpc) is 2.43. The van der Waals surface area contributed by atoms with Crippen molar-refractivity contribution >= 4 is 0 Å². The lowest BCUT2D eigenvalue weighted by molar-refractivity contribution is 0.111. The minimum atomic E-state index is 0.393. The van der Waals surface area contributed by atoms with Gasteiger partial charge < -0.3 is 10.1 Å². The van der Waals surface area contributed by atoms with Crippen molar-refractivity contribution in [3.8, 4) is 0 Å². The Hall–Kier alpha value is -0.930. The lowest BCUT2D eigenvalue weighted by Gasteiger charge is -2.31. The summed E-state index contributed by atoms with van der Waals surface area (Å²) in [7, 11) is 0. The first kappa shape index (κ1) is 13.5. The maximum atomic E-state index is 5.63. The molecule has 2 rings (SSSR count). The van der Waals surface area contributed by atoms with E-state index in [9.17, 15) is 0 Å². The second-order valence-corrected chi connectivity index (χ2v) is 4.87. The molecule has 100 valence electrons.